The van der Waals surface area contributed by atoms with E-state index in [0.717, 1.165) is 12.1 Å². The molecule has 4 nitrogen and oxygen atoms in total. The molecule has 1 rings (SSSR count). The Kier molecular flexibility index (Phi) is 7.24. The predicted octanol–water partition coefficient (Wildman–Crippen LogP) is -1.62. The summed E-state index contributed by atoms with van der Waals surface area (Å²) in [5.74, 6) is -0.442. The van der Waals surface area contributed by atoms with E-state index >= 15 is 0 Å². The number of rotatable bonds is 2. The molecule has 1 aromatic rings. The molecule has 0 heterocycles. The molecule has 0 aromatic heterocycles. The standard InChI is InChI=1S/C11H14FNO3S.Na/c1-11(2,3)16-10(14)13-17(15)9-6-4-8(12)5-7-9;/h4-7H,1-3H3,(H,13,14);/q;+1/p-1. The van der Waals surface area contributed by atoms with Crippen molar-refractivity contribution in [3.05, 3.63) is 30.1 Å². The van der Waals surface area contributed by atoms with Crippen LogP contribution in [0.5, 0.6) is 0 Å². The second-order valence-corrected chi connectivity index (χ2v) is 5.43. The van der Waals surface area contributed by atoms with Crippen LogP contribution in [0.3, 0.4) is 0 Å². The first-order valence-corrected chi connectivity index (χ1v) is 6.01. The molecule has 1 unspecified atom stereocenters. The van der Waals surface area contributed by atoms with Crippen LogP contribution in [0.15, 0.2) is 33.6 Å². The molecule has 94 valence electrons. The summed E-state index contributed by atoms with van der Waals surface area (Å²) in [5, 5.41) is 11.3. The maximum Gasteiger partial charge on any atom is 1.00 e. The van der Waals surface area contributed by atoms with Crippen molar-refractivity contribution in [1.82, 2.24) is 0 Å². The zero-order valence-electron chi connectivity index (χ0n) is 10.8. The van der Waals surface area contributed by atoms with Crippen LogP contribution in [0.2, 0.25) is 0 Å². The molecule has 0 spiro atoms. The van der Waals surface area contributed by atoms with Crippen molar-refractivity contribution in [2.75, 3.05) is 0 Å². The molecule has 1 aromatic carbocycles. The first-order chi connectivity index (χ1) is 7.78. The third kappa shape index (κ3) is 6.61. The van der Waals surface area contributed by atoms with Gasteiger partial charge in [0.25, 0.3) is 0 Å². The monoisotopic (exact) mass is 281 g/mol. The third-order valence-corrected chi connectivity index (χ3v) is 2.56. The first kappa shape index (κ1) is 17.7. The number of benzene rings is 1. The molecule has 0 fully saturated rings. The molecule has 0 radical (unpaired) electrons. The molecule has 0 saturated heterocycles. The average Bonchev–Trinajstić information content (AvgIpc) is 2.15. The van der Waals surface area contributed by atoms with E-state index in [4.69, 9.17) is 4.74 Å². The Balaban J connectivity index is 0.00000289. The molecule has 0 aliphatic carbocycles. The Hall–Kier alpha value is -0.270. The Morgan fingerprint density at radius 2 is 1.78 bits per heavy atom. The summed E-state index contributed by atoms with van der Waals surface area (Å²) >= 11 is -1.87. The first-order valence-electron chi connectivity index (χ1n) is 4.90. The third-order valence-electron chi connectivity index (χ3n) is 1.57. The molecule has 0 aliphatic heterocycles. The van der Waals surface area contributed by atoms with Gasteiger partial charge in [0.05, 0.1) is 0 Å². The molecule has 0 aliphatic rings. The smallest absolute Gasteiger partial charge is 0.591 e. The van der Waals surface area contributed by atoms with Crippen LogP contribution in [0.4, 0.5) is 4.39 Å². The fraction of sp³-hybridized carbons (Fsp3) is 0.364. The van der Waals surface area contributed by atoms with E-state index in [2.05, 4.69) is 4.40 Å². The maximum absolute atomic E-state index is 12.6. The van der Waals surface area contributed by atoms with Gasteiger partial charge in [0.2, 0.25) is 6.08 Å². The van der Waals surface area contributed by atoms with Gasteiger partial charge in [-0.25, -0.2) is 4.39 Å². The van der Waals surface area contributed by atoms with Gasteiger partial charge in [0, 0.05) is 5.60 Å². The minimum absolute atomic E-state index is 0. The predicted molar refractivity (Wildman–Crippen MR) is 61.1 cm³/mol. The summed E-state index contributed by atoms with van der Waals surface area (Å²) in [6, 6.07) is 4.91. The van der Waals surface area contributed by atoms with Crippen molar-refractivity contribution < 1.29 is 48.3 Å². The minimum Gasteiger partial charge on any atom is -0.591 e. The Morgan fingerprint density at radius 3 is 2.22 bits per heavy atom. The quantitative estimate of drug-likeness (QED) is 0.283. The van der Waals surface area contributed by atoms with Crippen molar-refractivity contribution in [2.24, 2.45) is 4.40 Å². The average molecular weight is 281 g/mol. The number of nitrogens with zero attached hydrogens (tertiary/aromatic N) is 1. The largest absolute Gasteiger partial charge is 1.00 e. The van der Waals surface area contributed by atoms with Gasteiger partial charge in [-0.05, 0) is 28.7 Å². The van der Waals surface area contributed by atoms with Gasteiger partial charge in [-0.3, -0.25) is 0 Å². The van der Waals surface area contributed by atoms with Gasteiger partial charge in [-0.15, -0.1) is 0 Å². The SMILES string of the molecule is CC(C)(C)O/C([O-])=N/[S+]([O-])c1ccc(F)cc1.[Na+]. The van der Waals surface area contributed by atoms with E-state index in [-0.39, 0.29) is 34.5 Å². The fourth-order valence-electron chi connectivity index (χ4n) is 0.952. The normalized spacial score (nSPS) is 13.7. The fourth-order valence-corrected chi connectivity index (χ4v) is 1.60. The Bertz CT molecular complexity index is 406. The van der Waals surface area contributed by atoms with Gasteiger partial charge >= 0.3 is 29.6 Å². The van der Waals surface area contributed by atoms with E-state index in [1.807, 2.05) is 0 Å². The van der Waals surface area contributed by atoms with Gasteiger partial charge in [0.1, 0.15) is 17.2 Å². The summed E-state index contributed by atoms with van der Waals surface area (Å²) in [4.78, 5) is 0.247. The summed E-state index contributed by atoms with van der Waals surface area (Å²) in [6.45, 7) is 5.05. The molecule has 0 amide bonds. The van der Waals surface area contributed by atoms with Crippen LogP contribution >= 0.6 is 0 Å². The maximum atomic E-state index is 12.6. The number of halogens is 1. The van der Waals surface area contributed by atoms with Gasteiger partial charge in [-0.2, -0.15) is 0 Å². The molecule has 0 bridgehead atoms. The Morgan fingerprint density at radius 1 is 1.28 bits per heavy atom. The summed E-state index contributed by atoms with van der Waals surface area (Å²) in [5.41, 5.74) is -0.687. The van der Waals surface area contributed by atoms with Crippen molar-refractivity contribution in [3.8, 4) is 0 Å². The number of ether oxygens (including phenoxy) is 1. The number of hydrogen-bond acceptors (Lipinski definition) is 4. The topological polar surface area (TPSA) is 67.7 Å². The van der Waals surface area contributed by atoms with Crippen LogP contribution < -0.4 is 34.7 Å². The molecule has 1 atom stereocenters. The van der Waals surface area contributed by atoms with Crippen molar-refractivity contribution in [3.63, 3.8) is 0 Å². The van der Waals surface area contributed by atoms with Crippen molar-refractivity contribution >= 4 is 17.4 Å². The number of hydrogen-bond donors (Lipinski definition) is 0. The van der Waals surface area contributed by atoms with E-state index in [1.54, 1.807) is 20.8 Å². The Labute approximate surface area is 131 Å². The second-order valence-electron chi connectivity index (χ2n) is 4.27. The van der Waals surface area contributed by atoms with E-state index in [1.165, 1.54) is 12.1 Å². The van der Waals surface area contributed by atoms with E-state index in [9.17, 15) is 14.0 Å². The second kappa shape index (κ2) is 7.35. The van der Waals surface area contributed by atoms with Crippen LogP contribution in [0.25, 0.3) is 0 Å². The molecule has 18 heavy (non-hydrogen) atoms. The zero-order chi connectivity index (χ0) is 13.1. The van der Waals surface area contributed by atoms with Crippen LogP contribution in [0.1, 0.15) is 20.8 Å². The molecular weight excluding hydrogens is 268 g/mol. The van der Waals surface area contributed by atoms with Crippen molar-refractivity contribution in [1.29, 1.82) is 0 Å². The van der Waals surface area contributed by atoms with Gasteiger partial charge in [0.15, 0.2) is 4.90 Å². The summed E-state index contributed by atoms with van der Waals surface area (Å²) in [6.07, 6.45) is -0.903. The van der Waals surface area contributed by atoms with Crippen LogP contribution in [-0.2, 0) is 16.1 Å². The van der Waals surface area contributed by atoms with Crippen LogP contribution in [-0.4, -0.2) is 16.2 Å². The summed E-state index contributed by atoms with van der Waals surface area (Å²) < 4.78 is 32.4. The van der Waals surface area contributed by atoms with Crippen LogP contribution in [0, 0.1) is 5.82 Å². The zero-order valence-corrected chi connectivity index (χ0v) is 13.6. The van der Waals surface area contributed by atoms with Gasteiger partial charge < -0.3 is 14.4 Å². The molecule has 0 N–H and O–H groups in total. The van der Waals surface area contributed by atoms with E-state index in [0.29, 0.717) is 0 Å². The summed E-state index contributed by atoms with van der Waals surface area (Å²) in [7, 11) is 0. The van der Waals surface area contributed by atoms with E-state index < -0.39 is 28.9 Å². The molecule has 7 heteroatoms. The molecule has 0 saturated carbocycles. The minimum atomic E-state index is -1.87. The molecular formula is C11H13FNNaO3S. The van der Waals surface area contributed by atoms with Gasteiger partial charge in [-0.1, -0.05) is 20.8 Å². The van der Waals surface area contributed by atoms with Crippen molar-refractivity contribution in [2.45, 2.75) is 31.3 Å².